The second-order valence-corrected chi connectivity index (χ2v) is 5.53. The van der Waals surface area contributed by atoms with Crippen LogP contribution in [-0.4, -0.2) is 50.6 Å². The van der Waals surface area contributed by atoms with Gasteiger partial charge in [0.1, 0.15) is 0 Å². The maximum Gasteiger partial charge on any atom is 0.253 e. The van der Waals surface area contributed by atoms with Crippen molar-refractivity contribution in [2.24, 2.45) is 0 Å². The maximum absolute atomic E-state index is 12.4. The summed E-state index contributed by atoms with van der Waals surface area (Å²) in [6.07, 6.45) is 2.16. The molecule has 1 aliphatic heterocycles. The third kappa shape index (κ3) is 3.31. The normalized spacial score (nSPS) is 18.1. The number of hydrogen-bond donors (Lipinski definition) is 1. The zero-order valence-electron chi connectivity index (χ0n) is 12.7. The molecule has 1 N–H and O–H groups in total. The Kier molecular flexibility index (Phi) is 5.01. The molecule has 110 valence electrons. The number of benzene rings is 1. The van der Waals surface area contributed by atoms with Gasteiger partial charge in [0, 0.05) is 44.5 Å². The molecule has 1 aliphatic rings. The quantitative estimate of drug-likeness (QED) is 0.892. The minimum absolute atomic E-state index is 0.114. The Morgan fingerprint density at radius 1 is 1.30 bits per heavy atom. The summed E-state index contributed by atoms with van der Waals surface area (Å²) in [7, 11) is 3.98. The molecule has 0 saturated carbocycles. The van der Waals surface area contributed by atoms with E-state index < -0.39 is 0 Å². The van der Waals surface area contributed by atoms with Gasteiger partial charge in [0.15, 0.2) is 0 Å². The number of rotatable bonds is 5. The van der Waals surface area contributed by atoms with Crippen LogP contribution >= 0.6 is 0 Å². The molecule has 1 heterocycles. The fourth-order valence-corrected chi connectivity index (χ4v) is 2.66. The lowest BCUT2D eigenvalue weighted by Crippen LogP contribution is -2.38. The lowest BCUT2D eigenvalue weighted by molar-refractivity contribution is 0.0744. The van der Waals surface area contributed by atoms with Crippen molar-refractivity contribution in [2.75, 3.05) is 38.6 Å². The first-order chi connectivity index (χ1) is 9.63. The highest BCUT2D eigenvalue weighted by Crippen LogP contribution is 2.16. The number of hydrogen-bond acceptors (Lipinski definition) is 3. The number of nitrogens with zero attached hydrogens (tertiary/aromatic N) is 2. The predicted octanol–water partition coefficient (Wildman–Crippen LogP) is 1.97. The molecule has 0 aromatic heterocycles. The van der Waals surface area contributed by atoms with Gasteiger partial charge in [0.2, 0.25) is 0 Å². The molecule has 1 fully saturated rings. The average Bonchev–Trinajstić information content (AvgIpc) is 3.00. The van der Waals surface area contributed by atoms with E-state index in [2.05, 4.69) is 24.2 Å². The van der Waals surface area contributed by atoms with Crippen molar-refractivity contribution in [2.45, 2.75) is 25.8 Å². The highest BCUT2D eigenvalue weighted by Gasteiger charge is 2.23. The van der Waals surface area contributed by atoms with Crippen LogP contribution in [0.1, 0.15) is 30.1 Å². The molecule has 2 rings (SSSR count). The first-order valence-corrected chi connectivity index (χ1v) is 7.42. The Bertz CT molecular complexity index is 438. The van der Waals surface area contributed by atoms with Crippen molar-refractivity contribution in [3.63, 3.8) is 0 Å². The first kappa shape index (κ1) is 14.9. The molecular formula is C16H25N3O. The van der Waals surface area contributed by atoms with Gasteiger partial charge >= 0.3 is 0 Å². The second-order valence-electron chi connectivity index (χ2n) is 5.53. The summed E-state index contributed by atoms with van der Waals surface area (Å²) < 4.78 is 0. The van der Waals surface area contributed by atoms with E-state index in [4.69, 9.17) is 0 Å². The van der Waals surface area contributed by atoms with Crippen molar-refractivity contribution in [3.8, 4) is 0 Å². The number of carbonyl (C=O) groups is 1. The Balaban J connectivity index is 2.03. The molecule has 4 nitrogen and oxygen atoms in total. The molecule has 1 aromatic carbocycles. The zero-order chi connectivity index (χ0) is 14.5. The smallest absolute Gasteiger partial charge is 0.253 e. The van der Waals surface area contributed by atoms with Gasteiger partial charge in [-0.3, -0.25) is 4.79 Å². The van der Waals surface area contributed by atoms with Gasteiger partial charge in [-0.1, -0.05) is 6.92 Å². The van der Waals surface area contributed by atoms with Gasteiger partial charge in [-0.15, -0.1) is 0 Å². The molecule has 1 amide bonds. The minimum Gasteiger partial charge on any atom is -0.375 e. The van der Waals surface area contributed by atoms with Crippen molar-refractivity contribution in [1.82, 2.24) is 10.2 Å². The largest absolute Gasteiger partial charge is 0.375 e. The zero-order valence-corrected chi connectivity index (χ0v) is 12.7. The highest BCUT2D eigenvalue weighted by molar-refractivity contribution is 5.94. The molecule has 0 spiro atoms. The monoisotopic (exact) mass is 275 g/mol. The van der Waals surface area contributed by atoms with Crippen LogP contribution in [0.25, 0.3) is 0 Å². The van der Waals surface area contributed by atoms with E-state index in [9.17, 15) is 4.79 Å². The summed E-state index contributed by atoms with van der Waals surface area (Å²) in [6.45, 7) is 5.10. The topological polar surface area (TPSA) is 35.6 Å². The van der Waals surface area contributed by atoms with Gasteiger partial charge in [-0.2, -0.15) is 0 Å². The Morgan fingerprint density at radius 3 is 2.55 bits per heavy atom. The van der Waals surface area contributed by atoms with Crippen LogP contribution in [-0.2, 0) is 0 Å². The van der Waals surface area contributed by atoms with Crippen molar-refractivity contribution in [1.29, 1.82) is 0 Å². The minimum atomic E-state index is 0.114. The van der Waals surface area contributed by atoms with Crippen LogP contribution in [0, 0.1) is 0 Å². The number of amides is 1. The molecule has 0 radical (unpaired) electrons. The number of likely N-dealkylation sites (N-methyl/N-ethyl adjacent to an activating group) is 1. The summed E-state index contributed by atoms with van der Waals surface area (Å²) in [6, 6.07) is 8.25. The number of nitrogens with one attached hydrogen (secondary N) is 1. The van der Waals surface area contributed by atoms with E-state index >= 15 is 0 Å². The standard InChI is InChI=1S/C16H25N3O/c1-4-11-18(2)14-7-5-13(6-8-14)16(20)19(3)15-9-10-17-12-15/h5-8,15,17H,4,9-12H2,1-3H3. The van der Waals surface area contributed by atoms with Crippen LogP contribution in [0.15, 0.2) is 24.3 Å². The first-order valence-electron chi connectivity index (χ1n) is 7.42. The molecule has 0 aliphatic carbocycles. The second kappa shape index (κ2) is 6.75. The maximum atomic E-state index is 12.4. The van der Waals surface area contributed by atoms with Crippen LogP contribution in [0.2, 0.25) is 0 Å². The van der Waals surface area contributed by atoms with Crippen LogP contribution in [0.5, 0.6) is 0 Å². The fourth-order valence-electron chi connectivity index (χ4n) is 2.66. The van der Waals surface area contributed by atoms with Crippen molar-refractivity contribution >= 4 is 11.6 Å². The van der Waals surface area contributed by atoms with Crippen LogP contribution < -0.4 is 10.2 Å². The Morgan fingerprint density at radius 2 is 2.00 bits per heavy atom. The molecule has 1 saturated heterocycles. The van der Waals surface area contributed by atoms with E-state index in [-0.39, 0.29) is 5.91 Å². The summed E-state index contributed by atoms with van der Waals surface area (Å²) in [5, 5.41) is 3.30. The van der Waals surface area contributed by atoms with Crippen molar-refractivity contribution in [3.05, 3.63) is 29.8 Å². The van der Waals surface area contributed by atoms with Crippen molar-refractivity contribution < 1.29 is 4.79 Å². The third-order valence-electron chi connectivity index (χ3n) is 4.02. The summed E-state index contributed by atoms with van der Waals surface area (Å²) in [5.41, 5.74) is 1.93. The van der Waals surface area contributed by atoms with E-state index in [1.807, 2.05) is 36.2 Å². The molecule has 1 atom stereocenters. The van der Waals surface area contributed by atoms with E-state index in [1.165, 1.54) is 0 Å². The molecule has 4 heteroatoms. The lowest BCUT2D eigenvalue weighted by Gasteiger charge is -2.24. The SMILES string of the molecule is CCCN(C)c1ccc(C(=O)N(C)C2CCNC2)cc1. The van der Waals surface area contributed by atoms with Gasteiger partial charge in [-0.25, -0.2) is 0 Å². The van der Waals surface area contributed by atoms with Crippen LogP contribution in [0.4, 0.5) is 5.69 Å². The molecule has 1 aromatic rings. The third-order valence-corrected chi connectivity index (χ3v) is 4.02. The molecular weight excluding hydrogens is 250 g/mol. The Labute approximate surface area is 121 Å². The fraction of sp³-hybridized carbons (Fsp3) is 0.562. The summed E-state index contributed by atoms with van der Waals surface area (Å²) >= 11 is 0. The van der Waals surface area contributed by atoms with E-state index in [1.54, 1.807) is 0 Å². The van der Waals surface area contributed by atoms with Gasteiger partial charge < -0.3 is 15.1 Å². The van der Waals surface area contributed by atoms with Crippen LogP contribution in [0.3, 0.4) is 0 Å². The summed E-state index contributed by atoms with van der Waals surface area (Å²) in [5.74, 6) is 0.114. The number of carbonyl (C=O) groups excluding carboxylic acids is 1. The van der Waals surface area contributed by atoms with Gasteiger partial charge in [-0.05, 0) is 43.7 Å². The lowest BCUT2D eigenvalue weighted by atomic mass is 10.1. The number of anilines is 1. The van der Waals surface area contributed by atoms with Gasteiger partial charge in [0.05, 0.1) is 0 Å². The predicted molar refractivity (Wildman–Crippen MR) is 83.4 cm³/mol. The molecule has 20 heavy (non-hydrogen) atoms. The van der Waals surface area contributed by atoms with Gasteiger partial charge in [0.25, 0.3) is 5.91 Å². The molecule has 0 bridgehead atoms. The summed E-state index contributed by atoms with van der Waals surface area (Å²) in [4.78, 5) is 16.5. The Hall–Kier alpha value is -1.55. The van der Waals surface area contributed by atoms with E-state index in [0.717, 1.165) is 43.7 Å². The highest BCUT2D eigenvalue weighted by atomic mass is 16.2. The van der Waals surface area contributed by atoms with E-state index in [0.29, 0.717) is 6.04 Å². The average molecular weight is 275 g/mol. The molecule has 1 unspecified atom stereocenters.